The van der Waals surface area contributed by atoms with Crippen LogP contribution in [0.1, 0.15) is 0 Å². The minimum Gasteiger partial charge on any atom is -0.544 e. The van der Waals surface area contributed by atoms with Gasteiger partial charge in [-0.1, -0.05) is 0 Å². The van der Waals surface area contributed by atoms with E-state index in [-0.39, 0.29) is 0 Å². The standard InChI is InChI=1S/C10H14NO2Si/c1-14(2,3)13-10-6-4-9(5-7-10)11-8-12/h4-7H,1-3H3,(H,11,12). The predicted octanol–water partition coefficient (Wildman–Crippen LogP) is 2.38. The van der Waals surface area contributed by atoms with Crippen LogP contribution in [-0.4, -0.2) is 14.7 Å². The summed E-state index contributed by atoms with van der Waals surface area (Å²) in [6.45, 7) is 6.37. The summed E-state index contributed by atoms with van der Waals surface area (Å²) < 4.78 is 5.75. The van der Waals surface area contributed by atoms with Crippen LogP contribution in [0.4, 0.5) is 5.69 Å². The molecule has 75 valence electrons. The largest absolute Gasteiger partial charge is 0.544 e. The fourth-order valence-electron chi connectivity index (χ4n) is 1.02. The first-order valence-electron chi connectivity index (χ1n) is 4.43. The molecule has 1 aromatic rings. The van der Waals surface area contributed by atoms with Gasteiger partial charge in [0.2, 0.25) is 8.32 Å². The lowest BCUT2D eigenvalue weighted by Crippen LogP contribution is -2.29. The number of carbonyl (C=O) groups excluding carboxylic acids is 1. The van der Waals surface area contributed by atoms with Crippen molar-refractivity contribution in [1.29, 1.82) is 0 Å². The van der Waals surface area contributed by atoms with Crippen LogP contribution in [0.5, 0.6) is 5.75 Å². The zero-order valence-corrected chi connectivity index (χ0v) is 9.63. The van der Waals surface area contributed by atoms with Crippen LogP contribution in [-0.2, 0) is 4.79 Å². The topological polar surface area (TPSA) is 38.3 Å². The van der Waals surface area contributed by atoms with Crippen molar-refractivity contribution in [3.05, 3.63) is 24.3 Å². The molecule has 0 saturated heterocycles. The quantitative estimate of drug-likeness (QED) is 0.609. The van der Waals surface area contributed by atoms with Crippen molar-refractivity contribution in [2.24, 2.45) is 0 Å². The van der Waals surface area contributed by atoms with Gasteiger partial charge in [0.05, 0.1) is 0 Å². The Morgan fingerprint density at radius 1 is 1.21 bits per heavy atom. The van der Waals surface area contributed by atoms with Crippen molar-refractivity contribution in [1.82, 2.24) is 0 Å². The van der Waals surface area contributed by atoms with Crippen LogP contribution >= 0.6 is 0 Å². The molecule has 0 aliphatic carbocycles. The van der Waals surface area contributed by atoms with Crippen molar-refractivity contribution in [3.63, 3.8) is 0 Å². The van der Waals surface area contributed by atoms with E-state index in [1.54, 1.807) is 18.5 Å². The minimum absolute atomic E-state index is 0.725. The highest BCUT2D eigenvalue weighted by molar-refractivity contribution is 6.70. The Morgan fingerprint density at radius 3 is 2.21 bits per heavy atom. The third-order valence-electron chi connectivity index (χ3n) is 1.47. The summed E-state index contributed by atoms with van der Waals surface area (Å²) in [4.78, 5) is 10.0. The number of benzene rings is 1. The first kappa shape index (κ1) is 10.8. The van der Waals surface area contributed by atoms with E-state index in [1.807, 2.05) is 12.1 Å². The average molecular weight is 208 g/mol. The van der Waals surface area contributed by atoms with Gasteiger partial charge in [0.15, 0.2) is 0 Å². The summed E-state index contributed by atoms with van der Waals surface area (Å²) in [5.74, 6) is 0.848. The lowest BCUT2D eigenvalue weighted by Gasteiger charge is -2.19. The Labute approximate surface area is 85.2 Å². The Kier molecular flexibility index (Phi) is 3.30. The van der Waals surface area contributed by atoms with E-state index in [1.165, 1.54) is 0 Å². The van der Waals surface area contributed by atoms with E-state index in [4.69, 9.17) is 4.43 Å². The number of nitrogens with one attached hydrogen (secondary N) is 1. The van der Waals surface area contributed by atoms with Gasteiger partial charge in [-0.2, -0.15) is 0 Å². The Hall–Kier alpha value is -1.29. The van der Waals surface area contributed by atoms with Crippen LogP contribution in [0.2, 0.25) is 19.6 Å². The molecule has 1 aromatic carbocycles. The summed E-state index contributed by atoms with van der Waals surface area (Å²) in [6.07, 6.45) is 1.62. The minimum atomic E-state index is -1.53. The summed E-state index contributed by atoms with van der Waals surface area (Å²) >= 11 is 0. The van der Waals surface area contributed by atoms with Gasteiger partial charge >= 0.3 is 6.41 Å². The molecule has 0 heterocycles. The first-order valence-corrected chi connectivity index (χ1v) is 7.84. The third-order valence-corrected chi connectivity index (χ3v) is 2.32. The van der Waals surface area contributed by atoms with Gasteiger partial charge < -0.3 is 9.74 Å². The highest BCUT2D eigenvalue weighted by Crippen LogP contribution is 2.18. The number of hydrogen-bond acceptors (Lipinski definition) is 2. The second-order valence-electron chi connectivity index (χ2n) is 3.97. The highest BCUT2D eigenvalue weighted by Gasteiger charge is 2.15. The fraction of sp³-hybridized carbons (Fsp3) is 0.300. The lowest BCUT2D eigenvalue weighted by molar-refractivity contribution is 0.557. The molecule has 1 N–H and O–H groups in total. The van der Waals surface area contributed by atoms with Gasteiger partial charge in [0, 0.05) is 5.69 Å². The molecule has 1 amide bonds. The monoisotopic (exact) mass is 208 g/mol. The van der Waals surface area contributed by atoms with Gasteiger partial charge in [-0.3, -0.25) is 4.79 Å². The van der Waals surface area contributed by atoms with Crippen molar-refractivity contribution in [3.8, 4) is 5.75 Å². The number of hydrogen-bond donors (Lipinski definition) is 1. The smallest absolute Gasteiger partial charge is 0.314 e. The summed E-state index contributed by atoms with van der Waals surface area (Å²) in [6, 6.07) is 7.27. The average Bonchev–Trinajstić information content (AvgIpc) is 2.06. The van der Waals surface area contributed by atoms with Crippen LogP contribution < -0.4 is 9.74 Å². The Morgan fingerprint density at radius 2 is 1.79 bits per heavy atom. The second kappa shape index (κ2) is 4.28. The van der Waals surface area contributed by atoms with Gasteiger partial charge in [0.25, 0.3) is 0 Å². The summed E-state index contributed by atoms with van der Waals surface area (Å²) in [5.41, 5.74) is 0.725. The molecule has 1 rings (SSSR count). The maximum absolute atomic E-state index is 10.0. The number of amides is 1. The number of rotatable bonds is 4. The summed E-state index contributed by atoms with van der Waals surface area (Å²) in [5, 5.41) is 2.45. The molecule has 0 fully saturated rings. The molecule has 0 aromatic heterocycles. The molecule has 0 bridgehead atoms. The van der Waals surface area contributed by atoms with Crippen LogP contribution in [0.15, 0.2) is 24.3 Å². The van der Waals surface area contributed by atoms with E-state index >= 15 is 0 Å². The first-order chi connectivity index (χ1) is 6.51. The highest BCUT2D eigenvalue weighted by atomic mass is 28.4. The molecule has 0 atom stereocenters. The van der Waals surface area contributed by atoms with Crippen molar-refractivity contribution in [2.45, 2.75) is 19.6 Å². The van der Waals surface area contributed by atoms with Crippen LogP contribution in [0, 0.1) is 0 Å². The number of anilines is 1. The Balaban J connectivity index is 2.68. The maximum atomic E-state index is 10.0. The Bertz CT molecular complexity index is 303. The summed E-state index contributed by atoms with van der Waals surface area (Å²) in [7, 11) is -1.53. The molecular formula is C10H14NO2Si. The zero-order chi connectivity index (χ0) is 10.6. The fourth-order valence-corrected chi connectivity index (χ4v) is 1.86. The lowest BCUT2D eigenvalue weighted by atomic mass is 10.3. The predicted molar refractivity (Wildman–Crippen MR) is 59.7 cm³/mol. The molecule has 4 heteroatoms. The third kappa shape index (κ3) is 3.61. The second-order valence-corrected chi connectivity index (χ2v) is 8.39. The van der Waals surface area contributed by atoms with E-state index in [2.05, 4.69) is 25.0 Å². The van der Waals surface area contributed by atoms with Gasteiger partial charge in [-0.05, 0) is 43.9 Å². The van der Waals surface area contributed by atoms with Gasteiger partial charge in [-0.25, -0.2) is 0 Å². The molecule has 0 aliphatic rings. The molecule has 1 radical (unpaired) electrons. The normalized spacial score (nSPS) is 10.8. The van der Waals surface area contributed by atoms with E-state index in [9.17, 15) is 4.79 Å². The van der Waals surface area contributed by atoms with Crippen molar-refractivity contribution in [2.75, 3.05) is 5.32 Å². The molecule has 0 spiro atoms. The molecule has 14 heavy (non-hydrogen) atoms. The van der Waals surface area contributed by atoms with Gasteiger partial charge in [0.1, 0.15) is 5.75 Å². The molecule has 0 unspecified atom stereocenters. The molecular weight excluding hydrogens is 194 g/mol. The molecule has 3 nitrogen and oxygen atoms in total. The van der Waals surface area contributed by atoms with Gasteiger partial charge in [-0.15, -0.1) is 0 Å². The molecule has 0 aliphatic heterocycles. The van der Waals surface area contributed by atoms with Crippen LogP contribution in [0.3, 0.4) is 0 Å². The SMILES string of the molecule is C[Si](C)(C)Oc1ccc(N[C]=O)cc1. The van der Waals surface area contributed by atoms with Crippen molar-refractivity contribution < 1.29 is 9.22 Å². The maximum Gasteiger partial charge on any atom is 0.314 e. The van der Waals surface area contributed by atoms with Crippen molar-refractivity contribution >= 4 is 20.4 Å². The van der Waals surface area contributed by atoms with Crippen LogP contribution in [0.25, 0.3) is 0 Å². The van der Waals surface area contributed by atoms with E-state index in [0.29, 0.717) is 0 Å². The molecule has 0 saturated carbocycles. The van der Waals surface area contributed by atoms with E-state index < -0.39 is 8.32 Å². The van der Waals surface area contributed by atoms with E-state index in [0.717, 1.165) is 11.4 Å². The zero-order valence-electron chi connectivity index (χ0n) is 8.63.